The van der Waals surface area contributed by atoms with E-state index in [9.17, 15) is 14.9 Å². The molecule has 0 aromatic carbocycles. The van der Waals surface area contributed by atoms with Crippen LogP contribution >= 0.6 is 24.0 Å². The number of morpholine rings is 1. The third kappa shape index (κ3) is 4.04. The van der Waals surface area contributed by atoms with E-state index >= 15 is 0 Å². The van der Waals surface area contributed by atoms with Crippen molar-refractivity contribution in [3.63, 3.8) is 0 Å². The van der Waals surface area contributed by atoms with Crippen LogP contribution in [-0.4, -0.2) is 51.5 Å². The maximum atomic E-state index is 12.9. The first-order chi connectivity index (χ1) is 14.2. The Balaban J connectivity index is 2.20. The Morgan fingerprint density at radius 1 is 1.30 bits per heavy atom. The number of rotatable bonds is 4. The monoisotopic (exact) mass is 446 g/mol. The van der Waals surface area contributed by atoms with Gasteiger partial charge in [0.25, 0.3) is 11.5 Å². The summed E-state index contributed by atoms with van der Waals surface area (Å²) in [5, 5.41) is 9.58. The van der Waals surface area contributed by atoms with Crippen LogP contribution < -0.4 is 10.5 Å². The lowest BCUT2D eigenvalue weighted by atomic mass is 10.0. The fraction of sp³-hybridized carbons (Fsp3) is 0.524. The van der Waals surface area contributed by atoms with Crippen LogP contribution in [0.25, 0.3) is 6.08 Å². The average Bonchev–Trinajstić information content (AvgIpc) is 2.93. The molecule has 2 fully saturated rings. The second kappa shape index (κ2) is 8.92. The molecule has 0 saturated carbocycles. The van der Waals surface area contributed by atoms with Crippen LogP contribution in [0.5, 0.6) is 0 Å². The van der Waals surface area contributed by atoms with Gasteiger partial charge in [-0.3, -0.25) is 19.1 Å². The van der Waals surface area contributed by atoms with Crippen LogP contribution in [0.4, 0.5) is 5.82 Å². The van der Waals surface area contributed by atoms with Crippen LogP contribution in [0.3, 0.4) is 0 Å². The summed E-state index contributed by atoms with van der Waals surface area (Å²) in [5.41, 5.74) is 1.02. The average molecular weight is 447 g/mol. The van der Waals surface area contributed by atoms with E-state index < -0.39 is 0 Å². The first kappa shape index (κ1) is 22.5. The van der Waals surface area contributed by atoms with Crippen LogP contribution in [0, 0.1) is 18.3 Å². The Morgan fingerprint density at radius 3 is 2.50 bits per heavy atom. The Labute approximate surface area is 186 Å². The van der Waals surface area contributed by atoms with Crippen molar-refractivity contribution in [1.29, 1.82) is 5.26 Å². The molecule has 0 aliphatic carbocycles. The van der Waals surface area contributed by atoms with Crippen LogP contribution in [0.2, 0.25) is 0 Å². The third-order valence-electron chi connectivity index (χ3n) is 5.28. The van der Waals surface area contributed by atoms with Gasteiger partial charge >= 0.3 is 0 Å². The first-order valence-electron chi connectivity index (χ1n) is 9.99. The Morgan fingerprint density at radius 2 is 1.93 bits per heavy atom. The Bertz CT molecular complexity index is 1010. The number of carbonyl (C=O) groups is 1. The van der Waals surface area contributed by atoms with Gasteiger partial charge in [0.05, 0.1) is 17.1 Å². The molecule has 160 valence electrons. The molecular formula is C21H26N4O3S2. The summed E-state index contributed by atoms with van der Waals surface area (Å²) in [6, 6.07) is 2.03. The number of carbonyl (C=O) groups excluding carboxylic acids is 1. The van der Waals surface area contributed by atoms with Crippen molar-refractivity contribution < 1.29 is 9.53 Å². The molecular weight excluding hydrogens is 420 g/mol. The molecule has 9 heteroatoms. The lowest BCUT2D eigenvalue weighted by Gasteiger charge is -2.38. The standard InChI is InChI=1S/C21H26N4O3S2/c1-6-7-25-20(27)17(30-21(25)29)8-15-14(4)16(9-22)19(26)23(5)18(15)24-10-12(2)28-13(3)11-24/h8,12-13H,6-7,10-11H2,1-5H3. The van der Waals surface area contributed by atoms with Crippen molar-refractivity contribution in [2.45, 2.75) is 46.3 Å². The number of aromatic nitrogens is 1. The summed E-state index contributed by atoms with van der Waals surface area (Å²) < 4.78 is 7.89. The number of ether oxygens (including phenoxy) is 1. The number of thioether (sulfide) groups is 1. The minimum Gasteiger partial charge on any atom is -0.372 e. The minimum atomic E-state index is -0.340. The van der Waals surface area contributed by atoms with Gasteiger partial charge in [0.15, 0.2) is 0 Å². The molecule has 0 spiro atoms. The normalized spacial score (nSPS) is 23.4. The summed E-state index contributed by atoms with van der Waals surface area (Å²) in [5.74, 6) is 0.563. The summed E-state index contributed by atoms with van der Waals surface area (Å²) in [6.07, 6.45) is 2.59. The zero-order chi connectivity index (χ0) is 22.2. The van der Waals surface area contributed by atoms with Crippen molar-refractivity contribution in [3.8, 4) is 6.07 Å². The second-order valence-corrected chi connectivity index (χ2v) is 9.38. The van der Waals surface area contributed by atoms with E-state index in [0.29, 0.717) is 45.8 Å². The quantitative estimate of drug-likeness (QED) is 0.520. The molecule has 1 amide bonds. The fourth-order valence-corrected chi connectivity index (χ4v) is 5.28. The van der Waals surface area contributed by atoms with Gasteiger partial charge in [-0.15, -0.1) is 0 Å². The maximum absolute atomic E-state index is 12.9. The molecule has 30 heavy (non-hydrogen) atoms. The number of amides is 1. The second-order valence-electron chi connectivity index (χ2n) is 7.71. The van der Waals surface area contributed by atoms with Gasteiger partial charge in [0.2, 0.25) is 0 Å². The van der Waals surface area contributed by atoms with E-state index in [1.807, 2.05) is 26.8 Å². The molecule has 2 aliphatic rings. The van der Waals surface area contributed by atoms with Crippen molar-refractivity contribution in [2.24, 2.45) is 7.05 Å². The van der Waals surface area contributed by atoms with Crippen LogP contribution in [-0.2, 0) is 16.6 Å². The highest BCUT2D eigenvalue weighted by Crippen LogP contribution is 2.36. The van der Waals surface area contributed by atoms with Gasteiger partial charge in [0, 0.05) is 32.2 Å². The number of pyridine rings is 1. The predicted octanol–water partition coefficient (Wildman–Crippen LogP) is 2.79. The number of hydrogen-bond acceptors (Lipinski definition) is 7. The summed E-state index contributed by atoms with van der Waals surface area (Å²) in [4.78, 5) is 30.0. The highest BCUT2D eigenvalue weighted by Gasteiger charge is 2.33. The first-order valence-corrected chi connectivity index (χ1v) is 11.2. The topological polar surface area (TPSA) is 78.6 Å². The SMILES string of the molecule is CCCN1C(=O)C(=Cc2c(C)c(C#N)c(=O)n(C)c2N2CC(C)OC(C)C2)SC1=S. The van der Waals surface area contributed by atoms with E-state index in [4.69, 9.17) is 17.0 Å². The highest BCUT2D eigenvalue weighted by molar-refractivity contribution is 8.26. The molecule has 2 atom stereocenters. The molecule has 3 heterocycles. The van der Waals surface area contributed by atoms with E-state index in [0.717, 1.165) is 6.42 Å². The van der Waals surface area contributed by atoms with Crippen LogP contribution in [0.1, 0.15) is 43.9 Å². The molecule has 1 aromatic heterocycles. The van der Waals surface area contributed by atoms with Gasteiger partial charge in [-0.05, 0) is 38.8 Å². The van der Waals surface area contributed by atoms with Gasteiger partial charge in [0.1, 0.15) is 21.8 Å². The lowest BCUT2D eigenvalue weighted by molar-refractivity contribution is -0.122. The minimum absolute atomic E-state index is 0.00424. The van der Waals surface area contributed by atoms with E-state index in [1.54, 1.807) is 24.9 Å². The zero-order valence-electron chi connectivity index (χ0n) is 17.9. The molecule has 0 radical (unpaired) electrons. The molecule has 3 rings (SSSR count). The number of nitriles is 1. The number of anilines is 1. The molecule has 2 unspecified atom stereocenters. The summed E-state index contributed by atoms with van der Waals surface area (Å²) in [7, 11) is 1.67. The van der Waals surface area contributed by atoms with Crippen molar-refractivity contribution >= 4 is 46.1 Å². The zero-order valence-corrected chi connectivity index (χ0v) is 19.5. The van der Waals surface area contributed by atoms with Gasteiger partial charge < -0.3 is 9.64 Å². The number of nitrogens with zero attached hydrogens (tertiary/aromatic N) is 4. The molecule has 2 aliphatic heterocycles. The molecule has 0 bridgehead atoms. The Kier molecular flexibility index (Phi) is 6.70. The summed E-state index contributed by atoms with van der Waals surface area (Å²) >= 11 is 6.65. The van der Waals surface area contributed by atoms with Gasteiger partial charge in [-0.1, -0.05) is 30.9 Å². The van der Waals surface area contributed by atoms with Crippen molar-refractivity contribution in [1.82, 2.24) is 9.47 Å². The molecule has 0 N–H and O–H groups in total. The molecule has 2 saturated heterocycles. The number of thiocarbonyl (C=S) groups is 1. The predicted molar refractivity (Wildman–Crippen MR) is 124 cm³/mol. The maximum Gasteiger partial charge on any atom is 0.270 e. The molecule has 1 aromatic rings. The van der Waals surface area contributed by atoms with Gasteiger partial charge in [-0.25, -0.2) is 0 Å². The largest absolute Gasteiger partial charge is 0.372 e. The van der Waals surface area contributed by atoms with E-state index in [-0.39, 0.29) is 29.2 Å². The smallest absolute Gasteiger partial charge is 0.270 e. The third-order valence-corrected chi connectivity index (χ3v) is 6.66. The summed E-state index contributed by atoms with van der Waals surface area (Å²) in [6.45, 7) is 9.54. The van der Waals surface area contributed by atoms with Crippen molar-refractivity contribution in [2.75, 3.05) is 24.5 Å². The van der Waals surface area contributed by atoms with Crippen molar-refractivity contribution in [3.05, 3.63) is 31.9 Å². The number of hydrogen-bond donors (Lipinski definition) is 0. The van der Waals surface area contributed by atoms with Gasteiger partial charge in [-0.2, -0.15) is 5.26 Å². The van der Waals surface area contributed by atoms with Crippen LogP contribution in [0.15, 0.2) is 9.70 Å². The van der Waals surface area contributed by atoms with E-state index in [1.165, 1.54) is 16.3 Å². The highest BCUT2D eigenvalue weighted by atomic mass is 32.2. The fourth-order valence-electron chi connectivity index (χ4n) is 3.99. The lowest BCUT2D eigenvalue weighted by Crippen LogP contribution is -2.47. The molecule has 7 nitrogen and oxygen atoms in total. The Hall–Kier alpha value is -2.15. The van der Waals surface area contributed by atoms with E-state index in [2.05, 4.69) is 4.90 Å².